The van der Waals surface area contributed by atoms with Gasteiger partial charge in [-0.25, -0.2) is 0 Å². The van der Waals surface area contributed by atoms with Crippen molar-refractivity contribution >= 4 is 0 Å². The van der Waals surface area contributed by atoms with E-state index in [0.717, 1.165) is 13.1 Å². The van der Waals surface area contributed by atoms with Gasteiger partial charge in [-0.15, -0.1) is 0 Å². The molecule has 0 aromatic carbocycles. The molecule has 0 radical (unpaired) electrons. The van der Waals surface area contributed by atoms with Crippen LogP contribution in [0.1, 0.15) is 0 Å². The van der Waals surface area contributed by atoms with Gasteiger partial charge in [-0.3, -0.25) is 0 Å². The summed E-state index contributed by atoms with van der Waals surface area (Å²) in [5.74, 6) is 0. The maximum Gasteiger partial charge on any atom is 0.0792 e. The number of nitrogens with zero attached hydrogens (tertiary/aromatic N) is 3. The maximum atomic E-state index is 8.11. The largest absolute Gasteiger partial charge is 0.380 e. The lowest BCUT2D eigenvalue weighted by Gasteiger charge is -2.09. The third kappa shape index (κ3) is 1.39. The SMILES string of the molecule is COC1CNCC1N=[N+]=[N-]. The zero-order chi connectivity index (χ0) is 7.40. The fraction of sp³-hybridized carbons (Fsp3) is 1.00. The van der Waals surface area contributed by atoms with E-state index in [1.807, 2.05) is 0 Å². The molecule has 1 aliphatic heterocycles. The summed E-state index contributed by atoms with van der Waals surface area (Å²) in [7, 11) is 1.62. The predicted molar refractivity (Wildman–Crippen MR) is 36.6 cm³/mol. The molecule has 1 saturated heterocycles. The van der Waals surface area contributed by atoms with Gasteiger partial charge >= 0.3 is 0 Å². The van der Waals surface area contributed by atoms with Gasteiger partial charge in [-0.1, -0.05) is 5.11 Å². The molecular weight excluding hydrogens is 132 g/mol. The number of nitrogens with one attached hydrogen (secondary N) is 1. The van der Waals surface area contributed by atoms with Crippen molar-refractivity contribution < 1.29 is 4.74 Å². The molecule has 1 aliphatic rings. The molecule has 0 saturated carbocycles. The van der Waals surface area contributed by atoms with Crippen LogP contribution < -0.4 is 5.32 Å². The van der Waals surface area contributed by atoms with Crippen molar-refractivity contribution in [3.63, 3.8) is 0 Å². The molecule has 2 unspecified atom stereocenters. The third-order valence-corrected chi connectivity index (χ3v) is 1.63. The van der Waals surface area contributed by atoms with Gasteiger partial charge in [-0.2, -0.15) is 0 Å². The first kappa shape index (κ1) is 7.34. The zero-order valence-corrected chi connectivity index (χ0v) is 5.82. The fourth-order valence-corrected chi connectivity index (χ4v) is 1.06. The van der Waals surface area contributed by atoms with Gasteiger partial charge in [0.1, 0.15) is 0 Å². The fourth-order valence-electron chi connectivity index (χ4n) is 1.06. The summed E-state index contributed by atoms with van der Waals surface area (Å²) >= 11 is 0. The lowest BCUT2D eigenvalue weighted by Crippen LogP contribution is -2.23. The average Bonchev–Trinajstić information content (AvgIpc) is 2.36. The van der Waals surface area contributed by atoms with Gasteiger partial charge in [0, 0.05) is 25.1 Å². The molecule has 2 atom stereocenters. The third-order valence-electron chi connectivity index (χ3n) is 1.63. The summed E-state index contributed by atoms with van der Waals surface area (Å²) in [6.07, 6.45) is 0.0518. The minimum atomic E-state index is -0.0324. The first-order chi connectivity index (χ1) is 4.88. The quantitative estimate of drug-likeness (QED) is 0.342. The number of azide groups is 1. The minimum Gasteiger partial charge on any atom is -0.380 e. The van der Waals surface area contributed by atoms with Crippen molar-refractivity contribution in [1.29, 1.82) is 0 Å². The van der Waals surface area contributed by atoms with Crippen molar-refractivity contribution in [3.05, 3.63) is 10.4 Å². The second-order valence-electron chi connectivity index (χ2n) is 2.20. The van der Waals surface area contributed by atoms with Crippen molar-refractivity contribution in [3.8, 4) is 0 Å². The highest BCUT2D eigenvalue weighted by Crippen LogP contribution is 2.07. The molecule has 1 rings (SSSR count). The molecule has 1 fully saturated rings. The topological polar surface area (TPSA) is 70.0 Å². The van der Waals surface area contributed by atoms with Crippen molar-refractivity contribution in [2.75, 3.05) is 20.2 Å². The number of hydrogen-bond acceptors (Lipinski definition) is 3. The standard InChI is InChI=1S/C5H10N4O/c1-10-5-3-7-2-4(5)8-9-6/h4-5,7H,2-3H2,1H3. The Kier molecular flexibility index (Phi) is 2.50. The molecule has 10 heavy (non-hydrogen) atoms. The molecule has 5 nitrogen and oxygen atoms in total. The Bertz CT molecular complexity index is 154. The average molecular weight is 142 g/mol. The zero-order valence-electron chi connectivity index (χ0n) is 5.82. The van der Waals surface area contributed by atoms with Crippen molar-refractivity contribution in [2.24, 2.45) is 5.11 Å². The van der Waals surface area contributed by atoms with Crippen molar-refractivity contribution in [1.82, 2.24) is 5.32 Å². The van der Waals surface area contributed by atoms with Crippen LogP contribution in [0.15, 0.2) is 5.11 Å². The van der Waals surface area contributed by atoms with Crippen LogP contribution >= 0.6 is 0 Å². The van der Waals surface area contributed by atoms with E-state index in [0.29, 0.717) is 0 Å². The maximum absolute atomic E-state index is 8.11. The van der Waals surface area contributed by atoms with Gasteiger partial charge in [-0.05, 0) is 5.53 Å². The van der Waals surface area contributed by atoms with E-state index in [9.17, 15) is 0 Å². The monoisotopic (exact) mass is 142 g/mol. The van der Waals surface area contributed by atoms with Crippen LogP contribution in [0.3, 0.4) is 0 Å². The highest BCUT2D eigenvalue weighted by atomic mass is 16.5. The van der Waals surface area contributed by atoms with E-state index in [4.69, 9.17) is 10.3 Å². The van der Waals surface area contributed by atoms with Crippen LogP contribution in [0, 0.1) is 0 Å². The van der Waals surface area contributed by atoms with E-state index >= 15 is 0 Å². The van der Waals surface area contributed by atoms with Gasteiger partial charge in [0.2, 0.25) is 0 Å². The molecule has 0 aliphatic carbocycles. The van der Waals surface area contributed by atoms with E-state index in [1.54, 1.807) is 7.11 Å². The van der Waals surface area contributed by atoms with Crippen LogP contribution in [0.25, 0.3) is 10.4 Å². The molecule has 1 heterocycles. The lowest BCUT2D eigenvalue weighted by molar-refractivity contribution is 0.107. The first-order valence-electron chi connectivity index (χ1n) is 3.16. The molecule has 56 valence electrons. The Morgan fingerprint density at radius 2 is 2.50 bits per heavy atom. The first-order valence-corrected chi connectivity index (χ1v) is 3.16. The number of ether oxygens (including phenoxy) is 1. The Morgan fingerprint density at radius 3 is 3.10 bits per heavy atom. The van der Waals surface area contributed by atoms with Crippen molar-refractivity contribution in [2.45, 2.75) is 12.1 Å². The Morgan fingerprint density at radius 1 is 1.70 bits per heavy atom. The van der Waals surface area contributed by atoms with Crippen LogP contribution in [0.5, 0.6) is 0 Å². The van der Waals surface area contributed by atoms with E-state index < -0.39 is 0 Å². The second kappa shape index (κ2) is 3.41. The molecule has 0 bridgehead atoms. The van der Waals surface area contributed by atoms with Crippen LogP contribution in [-0.2, 0) is 4.74 Å². The molecule has 0 aromatic heterocycles. The summed E-state index contributed by atoms with van der Waals surface area (Å²) in [5.41, 5.74) is 8.11. The summed E-state index contributed by atoms with van der Waals surface area (Å²) in [4.78, 5) is 2.72. The van der Waals surface area contributed by atoms with Crippen LogP contribution in [0.4, 0.5) is 0 Å². The van der Waals surface area contributed by atoms with Gasteiger partial charge in [0.15, 0.2) is 0 Å². The summed E-state index contributed by atoms with van der Waals surface area (Å²) < 4.78 is 5.05. The van der Waals surface area contributed by atoms with Gasteiger partial charge < -0.3 is 10.1 Å². The second-order valence-corrected chi connectivity index (χ2v) is 2.20. The van der Waals surface area contributed by atoms with E-state index in [2.05, 4.69) is 15.3 Å². The van der Waals surface area contributed by atoms with E-state index in [-0.39, 0.29) is 12.1 Å². The van der Waals surface area contributed by atoms with Gasteiger partial charge in [0.25, 0.3) is 0 Å². The summed E-state index contributed by atoms with van der Waals surface area (Å²) in [6.45, 7) is 1.50. The molecule has 0 amide bonds. The highest BCUT2D eigenvalue weighted by Gasteiger charge is 2.25. The summed E-state index contributed by atoms with van der Waals surface area (Å²) in [5, 5.41) is 6.64. The summed E-state index contributed by atoms with van der Waals surface area (Å²) in [6, 6.07) is -0.0324. The number of methoxy groups -OCH3 is 1. The Balaban J connectivity index is 2.49. The Labute approximate surface area is 59.0 Å². The molecule has 0 aromatic rings. The number of rotatable bonds is 2. The smallest absolute Gasteiger partial charge is 0.0792 e. The van der Waals surface area contributed by atoms with Crippen LogP contribution in [0.2, 0.25) is 0 Å². The normalized spacial score (nSPS) is 31.7. The lowest BCUT2D eigenvalue weighted by atomic mass is 10.2. The predicted octanol–water partition coefficient (Wildman–Crippen LogP) is 0.283. The van der Waals surface area contributed by atoms with Gasteiger partial charge in [0.05, 0.1) is 12.1 Å². The molecule has 0 spiro atoms. The van der Waals surface area contributed by atoms with E-state index in [1.165, 1.54) is 0 Å². The van der Waals surface area contributed by atoms with Crippen LogP contribution in [-0.4, -0.2) is 32.3 Å². The Hall–Kier alpha value is -0.770. The molecule has 5 heteroatoms. The highest BCUT2D eigenvalue weighted by molar-refractivity contribution is 4.87. The number of hydrogen-bond donors (Lipinski definition) is 1. The molecule has 1 N–H and O–H groups in total. The molecular formula is C5H10N4O. The minimum absolute atomic E-state index is 0.0324.